The number of nitrogens with zero attached hydrogens (tertiary/aromatic N) is 3. The van der Waals surface area contributed by atoms with Gasteiger partial charge in [0.2, 0.25) is 5.91 Å². The van der Waals surface area contributed by atoms with Crippen LogP contribution >= 0.6 is 0 Å². The first-order valence-electron chi connectivity index (χ1n) is 8.95. The smallest absolute Gasteiger partial charge is 0.248 e. The number of carbonyl (C=O) groups excluding carboxylic acids is 1. The van der Waals surface area contributed by atoms with Crippen molar-refractivity contribution < 1.29 is 13.9 Å². The van der Waals surface area contributed by atoms with Gasteiger partial charge in [0.15, 0.2) is 0 Å². The molecule has 0 aliphatic heterocycles. The summed E-state index contributed by atoms with van der Waals surface area (Å²) in [7, 11) is 1.45. The van der Waals surface area contributed by atoms with E-state index in [0.29, 0.717) is 11.8 Å². The van der Waals surface area contributed by atoms with Crippen LogP contribution in [0.4, 0.5) is 10.1 Å². The Morgan fingerprint density at radius 3 is 2.93 bits per heavy atom. The van der Waals surface area contributed by atoms with E-state index in [1.165, 1.54) is 25.3 Å². The van der Waals surface area contributed by atoms with Crippen LogP contribution in [0.15, 0.2) is 55.1 Å². The van der Waals surface area contributed by atoms with E-state index >= 15 is 0 Å². The SMILES string of the molecule is COc1ccc(NC(=O)C=Cc2cnccc2-c2cnn(C3CC3)c2)c(F)c1. The number of amides is 1. The van der Waals surface area contributed by atoms with Gasteiger partial charge in [-0.3, -0.25) is 14.5 Å². The van der Waals surface area contributed by atoms with E-state index in [-0.39, 0.29) is 5.69 Å². The molecule has 1 aromatic carbocycles. The van der Waals surface area contributed by atoms with Gasteiger partial charge in [0.05, 0.1) is 25.0 Å². The van der Waals surface area contributed by atoms with Crippen molar-refractivity contribution in [1.29, 1.82) is 0 Å². The van der Waals surface area contributed by atoms with Crippen molar-refractivity contribution in [1.82, 2.24) is 14.8 Å². The number of anilines is 1. The van der Waals surface area contributed by atoms with Crippen molar-refractivity contribution in [3.8, 4) is 16.9 Å². The van der Waals surface area contributed by atoms with Crippen LogP contribution in [0.2, 0.25) is 0 Å². The van der Waals surface area contributed by atoms with Crippen LogP contribution < -0.4 is 10.1 Å². The molecule has 1 N–H and O–H groups in total. The number of benzene rings is 1. The molecule has 7 heteroatoms. The molecule has 2 heterocycles. The van der Waals surface area contributed by atoms with Crippen molar-refractivity contribution in [3.05, 3.63) is 66.5 Å². The Labute approximate surface area is 161 Å². The van der Waals surface area contributed by atoms with Gasteiger partial charge >= 0.3 is 0 Å². The molecule has 1 aliphatic carbocycles. The second-order valence-electron chi connectivity index (χ2n) is 6.57. The van der Waals surface area contributed by atoms with Gasteiger partial charge in [-0.05, 0) is 42.7 Å². The molecule has 2 aromatic heterocycles. The Hall–Kier alpha value is -3.48. The van der Waals surface area contributed by atoms with Crippen molar-refractivity contribution in [3.63, 3.8) is 0 Å². The fourth-order valence-corrected chi connectivity index (χ4v) is 2.88. The van der Waals surface area contributed by atoms with Crippen LogP contribution in [0.25, 0.3) is 17.2 Å². The average Bonchev–Trinajstić information content (AvgIpc) is 3.45. The van der Waals surface area contributed by atoms with E-state index in [1.807, 2.05) is 23.1 Å². The maximum atomic E-state index is 14.0. The molecule has 0 bridgehead atoms. The minimum Gasteiger partial charge on any atom is -0.497 e. The zero-order valence-corrected chi connectivity index (χ0v) is 15.3. The summed E-state index contributed by atoms with van der Waals surface area (Å²) < 4.78 is 20.9. The van der Waals surface area contributed by atoms with E-state index in [1.54, 1.807) is 24.5 Å². The van der Waals surface area contributed by atoms with E-state index in [0.717, 1.165) is 29.5 Å². The van der Waals surface area contributed by atoms with E-state index < -0.39 is 11.7 Å². The van der Waals surface area contributed by atoms with Gasteiger partial charge in [0.1, 0.15) is 11.6 Å². The van der Waals surface area contributed by atoms with Crippen LogP contribution in [-0.4, -0.2) is 27.8 Å². The minimum absolute atomic E-state index is 0.0903. The quantitative estimate of drug-likeness (QED) is 0.656. The molecule has 4 rings (SSSR count). The highest BCUT2D eigenvalue weighted by Crippen LogP contribution is 2.35. The maximum absolute atomic E-state index is 14.0. The Morgan fingerprint density at radius 1 is 1.32 bits per heavy atom. The highest BCUT2D eigenvalue weighted by molar-refractivity contribution is 6.02. The second-order valence-corrected chi connectivity index (χ2v) is 6.57. The van der Waals surface area contributed by atoms with Crippen molar-refractivity contribution >= 4 is 17.7 Å². The fraction of sp³-hybridized carbons (Fsp3) is 0.190. The largest absolute Gasteiger partial charge is 0.497 e. The molecule has 0 atom stereocenters. The molecule has 142 valence electrons. The van der Waals surface area contributed by atoms with Gasteiger partial charge in [-0.15, -0.1) is 0 Å². The lowest BCUT2D eigenvalue weighted by molar-refractivity contribution is -0.111. The third kappa shape index (κ3) is 3.93. The number of ether oxygens (including phenoxy) is 1. The molecular formula is C21H19FN4O2. The molecular weight excluding hydrogens is 359 g/mol. The normalized spacial score (nSPS) is 13.6. The predicted molar refractivity (Wildman–Crippen MR) is 104 cm³/mol. The fourth-order valence-electron chi connectivity index (χ4n) is 2.88. The van der Waals surface area contributed by atoms with Gasteiger partial charge in [-0.1, -0.05) is 0 Å². The van der Waals surface area contributed by atoms with Gasteiger partial charge in [0.25, 0.3) is 0 Å². The second kappa shape index (κ2) is 7.64. The predicted octanol–water partition coefficient (Wildman–Crippen LogP) is 4.08. The highest BCUT2D eigenvalue weighted by Gasteiger charge is 2.24. The first-order chi connectivity index (χ1) is 13.6. The van der Waals surface area contributed by atoms with E-state index in [2.05, 4.69) is 15.4 Å². The van der Waals surface area contributed by atoms with Crippen molar-refractivity contribution in [2.75, 3.05) is 12.4 Å². The number of halogens is 1. The molecule has 0 radical (unpaired) electrons. The molecule has 3 aromatic rings. The monoisotopic (exact) mass is 378 g/mol. The minimum atomic E-state index is -0.560. The number of nitrogens with one attached hydrogen (secondary N) is 1. The number of pyridine rings is 1. The van der Waals surface area contributed by atoms with Gasteiger partial charge in [-0.25, -0.2) is 4.39 Å². The summed E-state index contributed by atoms with van der Waals surface area (Å²) in [5.74, 6) is -0.610. The zero-order chi connectivity index (χ0) is 19.5. The number of hydrogen-bond donors (Lipinski definition) is 1. The molecule has 0 spiro atoms. The zero-order valence-electron chi connectivity index (χ0n) is 15.3. The standard InChI is InChI=1S/C21H19FN4O2/c1-28-17-5-6-20(19(22)10-17)25-21(27)7-2-14-11-23-9-8-18(14)15-12-24-26(13-15)16-3-4-16/h2,5-13,16H,3-4H2,1H3,(H,25,27). The van der Waals surface area contributed by atoms with Crippen LogP contribution in [-0.2, 0) is 4.79 Å². The van der Waals surface area contributed by atoms with Crippen molar-refractivity contribution in [2.24, 2.45) is 0 Å². The first-order valence-corrected chi connectivity index (χ1v) is 8.95. The first kappa shape index (κ1) is 17.9. The number of methoxy groups -OCH3 is 1. The maximum Gasteiger partial charge on any atom is 0.248 e. The third-order valence-corrected chi connectivity index (χ3v) is 4.53. The summed E-state index contributed by atoms with van der Waals surface area (Å²) in [6.07, 6.45) is 12.5. The molecule has 1 aliphatic rings. The summed E-state index contributed by atoms with van der Waals surface area (Å²) in [6, 6.07) is 6.64. The lowest BCUT2D eigenvalue weighted by Gasteiger charge is -2.06. The number of carbonyl (C=O) groups is 1. The summed E-state index contributed by atoms with van der Waals surface area (Å²) >= 11 is 0. The average molecular weight is 378 g/mol. The van der Waals surface area contributed by atoms with Crippen LogP contribution in [0.1, 0.15) is 24.4 Å². The Kier molecular flexibility index (Phi) is 4.89. The van der Waals surface area contributed by atoms with Gasteiger partial charge < -0.3 is 10.1 Å². The molecule has 28 heavy (non-hydrogen) atoms. The molecule has 0 unspecified atom stereocenters. The Balaban J connectivity index is 1.50. The molecule has 1 saturated carbocycles. The van der Waals surface area contributed by atoms with Crippen LogP contribution in [0.3, 0.4) is 0 Å². The topological polar surface area (TPSA) is 69.0 Å². The summed E-state index contributed by atoms with van der Waals surface area (Å²) in [5.41, 5.74) is 2.77. The van der Waals surface area contributed by atoms with Crippen LogP contribution in [0, 0.1) is 5.82 Å². The van der Waals surface area contributed by atoms with Crippen LogP contribution in [0.5, 0.6) is 5.75 Å². The summed E-state index contributed by atoms with van der Waals surface area (Å²) in [6.45, 7) is 0. The summed E-state index contributed by atoms with van der Waals surface area (Å²) in [5, 5.41) is 6.94. The molecule has 1 amide bonds. The van der Waals surface area contributed by atoms with E-state index in [4.69, 9.17) is 4.74 Å². The van der Waals surface area contributed by atoms with Crippen molar-refractivity contribution in [2.45, 2.75) is 18.9 Å². The number of aromatic nitrogens is 3. The van der Waals surface area contributed by atoms with Gasteiger partial charge in [0, 0.05) is 41.9 Å². The Morgan fingerprint density at radius 2 is 2.18 bits per heavy atom. The summed E-state index contributed by atoms with van der Waals surface area (Å²) in [4.78, 5) is 16.3. The number of hydrogen-bond acceptors (Lipinski definition) is 4. The lowest BCUT2D eigenvalue weighted by Crippen LogP contribution is -2.09. The molecule has 6 nitrogen and oxygen atoms in total. The highest BCUT2D eigenvalue weighted by atomic mass is 19.1. The number of rotatable bonds is 6. The molecule has 1 fully saturated rings. The molecule has 0 saturated heterocycles. The van der Waals surface area contributed by atoms with E-state index in [9.17, 15) is 9.18 Å². The lowest BCUT2D eigenvalue weighted by atomic mass is 10.0. The van der Waals surface area contributed by atoms with Gasteiger partial charge in [-0.2, -0.15) is 5.10 Å². The Bertz CT molecular complexity index is 1040. The third-order valence-electron chi connectivity index (χ3n) is 4.53.